The van der Waals surface area contributed by atoms with Gasteiger partial charge in [-0.3, -0.25) is 5.10 Å². The normalized spacial score (nSPS) is 14.7. The minimum absolute atomic E-state index is 1.01. The van der Waals surface area contributed by atoms with Gasteiger partial charge in [-0.05, 0) is 43.3 Å². The lowest BCUT2D eigenvalue weighted by Crippen LogP contribution is -2.27. The molecule has 29 heavy (non-hydrogen) atoms. The van der Waals surface area contributed by atoms with E-state index in [1.807, 2.05) is 6.20 Å². The molecule has 144 valence electrons. The van der Waals surface area contributed by atoms with E-state index in [2.05, 4.69) is 80.8 Å². The fraction of sp³-hybridized carbons (Fsp3) is 0.208. The number of aromatic nitrogens is 3. The van der Waals surface area contributed by atoms with Crippen molar-refractivity contribution in [1.29, 1.82) is 0 Å². The van der Waals surface area contributed by atoms with Crippen LogP contribution in [-0.2, 0) is 13.0 Å². The number of nitrogens with one attached hydrogen (secondary N) is 1. The van der Waals surface area contributed by atoms with Gasteiger partial charge in [0.15, 0.2) is 0 Å². The summed E-state index contributed by atoms with van der Waals surface area (Å²) in [5, 5.41) is 14.5. The lowest BCUT2D eigenvalue weighted by Gasteiger charge is -2.24. The first-order valence-corrected chi connectivity index (χ1v) is 11.0. The van der Waals surface area contributed by atoms with E-state index in [0.29, 0.717) is 0 Å². The highest BCUT2D eigenvalue weighted by molar-refractivity contribution is 7.08. The SMILES string of the molecule is Cc1ccc2c(c1)c1c(n2-c2cscc2-c2cccc3[nH]ncc23)CCN(C)C1. The molecule has 5 heteroatoms. The molecule has 4 heterocycles. The van der Waals surface area contributed by atoms with Crippen LogP contribution in [-0.4, -0.2) is 33.3 Å². The average Bonchev–Trinajstić information content (AvgIpc) is 3.44. The third kappa shape index (κ3) is 2.51. The average molecular weight is 399 g/mol. The smallest absolute Gasteiger partial charge is 0.0656 e. The molecule has 0 spiro atoms. The Morgan fingerprint density at radius 2 is 2.00 bits per heavy atom. The van der Waals surface area contributed by atoms with Gasteiger partial charge in [0.1, 0.15) is 0 Å². The van der Waals surface area contributed by atoms with E-state index in [9.17, 15) is 0 Å². The Balaban J connectivity index is 1.66. The maximum absolute atomic E-state index is 4.27. The van der Waals surface area contributed by atoms with Crippen LogP contribution in [0.1, 0.15) is 16.8 Å². The third-order valence-corrected chi connectivity index (χ3v) is 6.88. The Kier molecular flexibility index (Phi) is 3.70. The molecule has 2 aromatic carbocycles. The molecule has 5 aromatic rings. The van der Waals surface area contributed by atoms with Crippen LogP contribution in [0.3, 0.4) is 0 Å². The van der Waals surface area contributed by atoms with E-state index >= 15 is 0 Å². The van der Waals surface area contributed by atoms with E-state index in [1.54, 1.807) is 11.3 Å². The zero-order valence-electron chi connectivity index (χ0n) is 16.6. The van der Waals surface area contributed by atoms with Crippen molar-refractivity contribution in [3.8, 4) is 16.8 Å². The molecule has 0 radical (unpaired) electrons. The molecule has 0 unspecified atom stereocenters. The quantitative estimate of drug-likeness (QED) is 0.424. The summed E-state index contributed by atoms with van der Waals surface area (Å²) in [4.78, 5) is 2.43. The first-order chi connectivity index (χ1) is 14.2. The van der Waals surface area contributed by atoms with Gasteiger partial charge in [-0.25, -0.2) is 0 Å². The van der Waals surface area contributed by atoms with Crippen LogP contribution in [0.2, 0.25) is 0 Å². The van der Waals surface area contributed by atoms with Gasteiger partial charge < -0.3 is 9.47 Å². The zero-order valence-corrected chi connectivity index (χ0v) is 17.4. The van der Waals surface area contributed by atoms with Gasteiger partial charge in [-0.15, -0.1) is 11.3 Å². The number of likely N-dealkylation sites (N-methyl/N-ethyl adjacent to an activating group) is 1. The fourth-order valence-electron chi connectivity index (χ4n) is 4.75. The van der Waals surface area contributed by atoms with Gasteiger partial charge in [0.25, 0.3) is 0 Å². The lowest BCUT2D eigenvalue weighted by molar-refractivity contribution is 0.311. The maximum atomic E-state index is 4.27. The first-order valence-electron chi connectivity index (χ1n) is 10.0. The predicted octanol–water partition coefficient (Wildman–Crippen LogP) is 5.53. The number of rotatable bonds is 2. The number of hydrogen-bond donors (Lipinski definition) is 1. The highest BCUT2D eigenvalue weighted by Gasteiger charge is 2.25. The molecule has 0 saturated heterocycles. The second-order valence-electron chi connectivity index (χ2n) is 8.08. The Morgan fingerprint density at radius 1 is 1.07 bits per heavy atom. The largest absolute Gasteiger partial charge is 0.312 e. The van der Waals surface area contributed by atoms with E-state index in [1.165, 1.54) is 49.9 Å². The van der Waals surface area contributed by atoms with Crippen LogP contribution < -0.4 is 0 Å². The number of aromatic amines is 1. The summed E-state index contributed by atoms with van der Waals surface area (Å²) in [6.07, 6.45) is 3.01. The molecule has 1 aliphatic heterocycles. The van der Waals surface area contributed by atoms with Crippen LogP contribution >= 0.6 is 11.3 Å². The Morgan fingerprint density at radius 3 is 2.93 bits per heavy atom. The molecule has 0 atom stereocenters. The number of nitrogens with zero attached hydrogens (tertiary/aromatic N) is 3. The topological polar surface area (TPSA) is 36.9 Å². The highest BCUT2D eigenvalue weighted by Crippen LogP contribution is 2.40. The zero-order chi connectivity index (χ0) is 19.5. The lowest BCUT2D eigenvalue weighted by atomic mass is 10.0. The van der Waals surface area contributed by atoms with Crippen molar-refractivity contribution in [3.05, 3.63) is 70.2 Å². The second-order valence-corrected chi connectivity index (χ2v) is 8.82. The van der Waals surface area contributed by atoms with Crippen LogP contribution in [0.4, 0.5) is 0 Å². The number of H-pyrrole nitrogens is 1. The van der Waals surface area contributed by atoms with Crippen LogP contribution in [0.5, 0.6) is 0 Å². The molecule has 4 nitrogen and oxygen atoms in total. The minimum Gasteiger partial charge on any atom is -0.312 e. The van der Waals surface area contributed by atoms with E-state index in [4.69, 9.17) is 0 Å². The van der Waals surface area contributed by atoms with Crippen LogP contribution in [0, 0.1) is 6.92 Å². The summed E-state index contributed by atoms with van der Waals surface area (Å²) < 4.78 is 2.52. The summed E-state index contributed by atoms with van der Waals surface area (Å²) in [6, 6.07) is 13.3. The van der Waals surface area contributed by atoms with Gasteiger partial charge in [0, 0.05) is 52.3 Å². The molecule has 3 aromatic heterocycles. The maximum Gasteiger partial charge on any atom is 0.0656 e. The molecular formula is C24H22N4S. The Labute approximate surface area is 173 Å². The number of thiophene rings is 1. The fourth-order valence-corrected chi connectivity index (χ4v) is 5.56. The summed E-state index contributed by atoms with van der Waals surface area (Å²) in [6.45, 7) is 4.30. The monoisotopic (exact) mass is 398 g/mol. The number of hydrogen-bond acceptors (Lipinski definition) is 3. The molecule has 0 bridgehead atoms. The Bertz CT molecular complexity index is 1370. The molecule has 0 fully saturated rings. The van der Waals surface area contributed by atoms with Crippen LogP contribution in [0.25, 0.3) is 38.6 Å². The summed E-state index contributed by atoms with van der Waals surface area (Å²) in [5.74, 6) is 0. The van der Waals surface area contributed by atoms with Crippen LogP contribution in [0.15, 0.2) is 53.4 Å². The van der Waals surface area contributed by atoms with Crippen molar-refractivity contribution in [1.82, 2.24) is 19.7 Å². The first kappa shape index (κ1) is 17.0. The van der Waals surface area contributed by atoms with Crippen molar-refractivity contribution >= 4 is 33.1 Å². The Hall–Kier alpha value is -2.89. The second kappa shape index (κ2) is 6.31. The predicted molar refractivity (Wildman–Crippen MR) is 121 cm³/mol. The van der Waals surface area contributed by atoms with Gasteiger partial charge in [0.2, 0.25) is 0 Å². The van der Waals surface area contributed by atoms with Crippen molar-refractivity contribution in [3.63, 3.8) is 0 Å². The summed E-state index contributed by atoms with van der Waals surface area (Å²) >= 11 is 1.77. The van der Waals surface area contributed by atoms with Gasteiger partial charge in [-0.1, -0.05) is 23.8 Å². The van der Waals surface area contributed by atoms with E-state index < -0.39 is 0 Å². The van der Waals surface area contributed by atoms with Crippen molar-refractivity contribution in [2.45, 2.75) is 19.9 Å². The van der Waals surface area contributed by atoms with Gasteiger partial charge in [-0.2, -0.15) is 5.10 Å². The molecular weight excluding hydrogens is 376 g/mol. The summed E-state index contributed by atoms with van der Waals surface area (Å²) in [5.41, 5.74) is 10.5. The molecule has 0 saturated carbocycles. The minimum atomic E-state index is 1.01. The van der Waals surface area contributed by atoms with Gasteiger partial charge in [0.05, 0.1) is 22.9 Å². The van der Waals surface area contributed by atoms with Crippen molar-refractivity contribution in [2.75, 3.05) is 13.6 Å². The van der Waals surface area contributed by atoms with Crippen molar-refractivity contribution in [2.24, 2.45) is 0 Å². The summed E-state index contributed by atoms with van der Waals surface area (Å²) in [7, 11) is 2.22. The third-order valence-electron chi connectivity index (χ3n) is 6.15. The molecule has 1 aliphatic rings. The van der Waals surface area contributed by atoms with Crippen molar-refractivity contribution < 1.29 is 0 Å². The number of benzene rings is 2. The molecule has 0 amide bonds. The molecule has 1 N–H and O–H groups in total. The van der Waals surface area contributed by atoms with E-state index in [-0.39, 0.29) is 0 Å². The number of aryl methyl sites for hydroxylation is 1. The highest BCUT2D eigenvalue weighted by atomic mass is 32.1. The molecule has 0 aliphatic carbocycles. The van der Waals surface area contributed by atoms with Gasteiger partial charge >= 0.3 is 0 Å². The van der Waals surface area contributed by atoms with E-state index in [0.717, 1.165) is 25.0 Å². The standard InChI is InChI=1S/C24H22N4S/c1-15-6-7-22-17(10-15)19-12-27(2)9-8-23(19)28(22)24-14-29-13-20(24)16-4-3-5-21-18(16)11-25-26-21/h3-7,10-11,13-14H,8-9,12H2,1-2H3,(H,25,26). The number of fused-ring (bicyclic) bond motifs is 4. The molecule has 6 rings (SSSR count).